The van der Waals surface area contributed by atoms with Gasteiger partial charge in [-0.15, -0.1) is 0 Å². The first-order valence-corrected chi connectivity index (χ1v) is 5.97. The van der Waals surface area contributed by atoms with Gasteiger partial charge in [0, 0.05) is 19.2 Å². The van der Waals surface area contributed by atoms with Crippen LogP contribution in [0.25, 0.3) is 0 Å². The molecule has 0 saturated carbocycles. The van der Waals surface area contributed by atoms with Crippen LogP contribution in [-0.4, -0.2) is 26.7 Å². The van der Waals surface area contributed by atoms with E-state index in [1.165, 1.54) is 12.1 Å². The minimum atomic E-state index is -0.335. The van der Waals surface area contributed by atoms with E-state index in [1.54, 1.807) is 6.92 Å². The summed E-state index contributed by atoms with van der Waals surface area (Å²) >= 11 is 0. The van der Waals surface area contributed by atoms with Crippen LogP contribution in [0.1, 0.15) is 12.0 Å². The SMILES string of the molecule is CNCC1CCN(c2cc(F)c(C)cc2F)C1. The van der Waals surface area contributed by atoms with E-state index in [0.29, 0.717) is 17.2 Å². The van der Waals surface area contributed by atoms with Crippen molar-refractivity contribution >= 4 is 5.69 Å². The normalized spacial score (nSPS) is 20.0. The summed E-state index contributed by atoms with van der Waals surface area (Å²) < 4.78 is 27.2. The van der Waals surface area contributed by atoms with Crippen LogP contribution in [0.3, 0.4) is 0 Å². The minimum Gasteiger partial charge on any atom is -0.369 e. The Kier molecular flexibility index (Phi) is 3.62. The van der Waals surface area contributed by atoms with Gasteiger partial charge in [-0.2, -0.15) is 0 Å². The standard InChI is InChI=1S/C13H18F2N2/c1-9-5-12(15)13(6-11(9)14)17-4-3-10(8-17)7-16-2/h5-6,10,16H,3-4,7-8H2,1-2H3. The van der Waals surface area contributed by atoms with Crippen LogP contribution < -0.4 is 10.2 Å². The van der Waals surface area contributed by atoms with Crippen molar-refractivity contribution in [3.63, 3.8) is 0 Å². The third kappa shape index (κ3) is 2.57. The average Bonchev–Trinajstić information content (AvgIpc) is 2.72. The molecule has 1 aromatic carbocycles. The molecule has 0 amide bonds. The Morgan fingerprint density at radius 1 is 1.35 bits per heavy atom. The summed E-state index contributed by atoms with van der Waals surface area (Å²) in [6, 6.07) is 2.59. The number of nitrogens with one attached hydrogen (secondary N) is 1. The Hall–Kier alpha value is -1.16. The van der Waals surface area contributed by atoms with Crippen LogP contribution in [0.4, 0.5) is 14.5 Å². The van der Waals surface area contributed by atoms with E-state index in [0.717, 1.165) is 26.1 Å². The Bertz CT molecular complexity index is 407. The second-order valence-corrected chi connectivity index (χ2v) is 4.71. The summed E-state index contributed by atoms with van der Waals surface area (Å²) in [6.07, 6.45) is 1.02. The van der Waals surface area contributed by atoms with Gasteiger partial charge in [-0.25, -0.2) is 8.78 Å². The van der Waals surface area contributed by atoms with Gasteiger partial charge in [0.15, 0.2) is 0 Å². The van der Waals surface area contributed by atoms with Crippen molar-refractivity contribution in [2.75, 3.05) is 31.6 Å². The third-order valence-corrected chi connectivity index (χ3v) is 3.35. The number of aryl methyl sites for hydroxylation is 1. The van der Waals surface area contributed by atoms with Crippen molar-refractivity contribution in [1.82, 2.24) is 5.32 Å². The van der Waals surface area contributed by atoms with Crippen LogP contribution >= 0.6 is 0 Å². The van der Waals surface area contributed by atoms with Crippen molar-refractivity contribution in [3.05, 3.63) is 29.3 Å². The molecule has 1 unspecified atom stereocenters. The van der Waals surface area contributed by atoms with E-state index >= 15 is 0 Å². The van der Waals surface area contributed by atoms with E-state index in [2.05, 4.69) is 5.32 Å². The number of halogens is 2. The first-order valence-electron chi connectivity index (χ1n) is 5.97. The van der Waals surface area contributed by atoms with Crippen LogP contribution in [0.5, 0.6) is 0 Å². The maximum Gasteiger partial charge on any atom is 0.146 e. The number of rotatable bonds is 3. The Morgan fingerprint density at radius 2 is 2.12 bits per heavy atom. The fourth-order valence-electron chi connectivity index (χ4n) is 2.38. The number of hydrogen-bond donors (Lipinski definition) is 1. The first-order chi connectivity index (χ1) is 8.11. The molecule has 0 radical (unpaired) electrons. The predicted octanol–water partition coefficient (Wildman–Crippen LogP) is 2.32. The molecule has 1 aromatic rings. The zero-order valence-corrected chi connectivity index (χ0v) is 10.3. The van der Waals surface area contributed by atoms with E-state index in [4.69, 9.17) is 0 Å². The van der Waals surface area contributed by atoms with Gasteiger partial charge >= 0.3 is 0 Å². The second-order valence-electron chi connectivity index (χ2n) is 4.71. The highest BCUT2D eigenvalue weighted by Gasteiger charge is 2.24. The second kappa shape index (κ2) is 5.00. The largest absolute Gasteiger partial charge is 0.369 e. The van der Waals surface area contributed by atoms with Crippen molar-refractivity contribution in [1.29, 1.82) is 0 Å². The number of benzene rings is 1. The topological polar surface area (TPSA) is 15.3 Å². The number of nitrogens with zero attached hydrogens (tertiary/aromatic N) is 1. The summed E-state index contributed by atoms with van der Waals surface area (Å²) in [5.74, 6) is -0.142. The molecule has 94 valence electrons. The van der Waals surface area contributed by atoms with Crippen LogP contribution in [-0.2, 0) is 0 Å². The van der Waals surface area contributed by atoms with Crippen molar-refractivity contribution in [2.45, 2.75) is 13.3 Å². The van der Waals surface area contributed by atoms with Crippen LogP contribution in [0, 0.1) is 24.5 Å². The fourth-order valence-corrected chi connectivity index (χ4v) is 2.38. The quantitative estimate of drug-likeness (QED) is 0.872. The highest BCUT2D eigenvalue weighted by atomic mass is 19.1. The van der Waals surface area contributed by atoms with Crippen molar-refractivity contribution < 1.29 is 8.78 Å². The molecule has 4 heteroatoms. The smallest absolute Gasteiger partial charge is 0.146 e. The summed E-state index contributed by atoms with van der Waals surface area (Å²) in [6.45, 7) is 4.09. The monoisotopic (exact) mass is 240 g/mol. The number of anilines is 1. The molecular weight excluding hydrogens is 222 g/mol. The lowest BCUT2D eigenvalue weighted by atomic mass is 10.1. The van der Waals surface area contributed by atoms with Gasteiger partial charge in [-0.3, -0.25) is 0 Å². The highest BCUT2D eigenvalue weighted by Crippen LogP contribution is 2.28. The Labute approximate surface area is 101 Å². The Balaban J connectivity index is 2.16. The molecule has 1 N–H and O–H groups in total. The molecule has 1 saturated heterocycles. The Morgan fingerprint density at radius 3 is 2.82 bits per heavy atom. The van der Waals surface area contributed by atoms with Crippen LogP contribution in [0.2, 0.25) is 0 Å². The summed E-state index contributed by atoms with van der Waals surface area (Å²) in [5, 5.41) is 3.12. The molecule has 0 aliphatic carbocycles. The highest BCUT2D eigenvalue weighted by molar-refractivity contribution is 5.50. The van der Waals surface area contributed by atoms with Gasteiger partial charge in [0.05, 0.1) is 5.69 Å². The molecule has 1 fully saturated rings. The predicted molar refractivity (Wildman–Crippen MR) is 65.3 cm³/mol. The lowest BCUT2D eigenvalue weighted by Gasteiger charge is -2.20. The molecule has 1 atom stereocenters. The maximum absolute atomic E-state index is 13.8. The van der Waals surface area contributed by atoms with Gasteiger partial charge in [0.25, 0.3) is 0 Å². The number of hydrogen-bond acceptors (Lipinski definition) is 2. The molecule has 0 bridgehead atoms. The molecule has 0 aromatic heterocycles. The first kappa shape index (κ1) is 12.3. The van der Waals surface area contributed by atoms with Gasteiger partial charge in [0.1, 0.15) is 11.6 Å². The van der Waals surface area contributed by atoms with Gasteiger partial charge in [0.2, 0.25) is 0 Å². The fraction of sp³-hybridized carbons (Fsp3) is 0.538. The molecule has 2 nitrogen and oxygen atoms in total. The summed E-state index contributed by atoms with van der Waals surface area (Å²) in [4.78, 5) is 1.93. The lowest BCUT2D eigenvalue weighted by molar-refractivity contribution is 0.547. The zero-order chi connectivity index (χ0) is 12.4. The van der Waals surface area contributed by atoms with E-state index in [-0.39, 0.29) is 11.6 Å². The third-order valence-electron chi connectivity index (χ3n) is 3.35. The molecule has 17 heavy (non-hydrogen) atoms. The average molecular weight is 240 g/mol. The van der Waals surface area contributed by atoms with Crippen molar-refractivity contribution in [2.24, 2.45) is 5.92 Å². The summed E-state index contributed by atoms with van der Waals surface area (Å²) in [7, 11) is 1.91. The van der Waals surface area contributed by atoms with Crippen molar-refractivity contribution in [3.8, 4) is 0 Å². The molecule has 1 aliphatic rings. The molecular formula is C13H18F2N2. The minimum absolute atomic E-state index is 0.325. The lowest BCUT2D eigenvalue weighted by Crippen LogP contribution is -2.25. The van der Waals surface area contributed by atoms with Crippen LogP contribution in [0.15, 0.2) is 12.1 Å². The summed E-state index contributed by atoms with van der Waals surface area (Å²) in [5.41, 5.74) is 0.754. The molecule has 2 rings (SSSR count). The van der Waals surface area contributed by atoms with Gasteiger partial charge < -0.3 is 10.2 Å². The molecule has 1 heterocycles. The molecule has 1 aliphatic heterocycles. The van der Waals surface area contributed by atoms with Gasteiger partial charge in [-0.1, -0.05) is 0 Å². The van der Waals surface area contributed by atoms with E-state index < -0.39 is 0 Å². The maximum atomic E-state index is 13.8. The zero-order valence-electron chi connectivity index (χ0n) is 10.3. The molecule has 0 spiro atoms. The van der Waals surface area contributed by atoms with E-state index in [1.807, 2.05) is 11.9 Å². The van der Waals surface area contributed by atoms with Gasteiger partial charge in [-0.05, 0) is 44.5 Å². The van der Waals surface area contributed by atoms with E-state index in [9.17, 15) is 8.78 Å².